The molecule has 1 aliphatic carbocycles. The van der Waals surface area contributed by atoms with E-state index in [0.29, 0.717) is 0 Å². The normalized spacial score (nSPS) is 20.5. The number of aliphatic hydroxyl groups excluding tert-OH is 1. The number of aliphatic hydroxyl groups is 1. The Morgan fingerprint density at radius 2 is 2.07 bits per heavy atom. The van der Waals surface area contributed by atoms with Gasteiger partial charge in [0.25, 0.3) is 0 Å². The van der Waals surface area contributed by atoms with Gasteiger partial charge in [-0.15, -0.1) is 0 Å². The van der Waals surface area contributed by atoms with Crippen LogP contribution >= 0.6 is 11.6 Å². The van der Waals surface area contributed by atoms with Crippen molar-refractivity contribution in [3.63, 3.8) is 0 Å². The van der Waals surface area contributed by atoms with Crippen molar-refractivity contribution in [3.05, 3.63) is 34.9 Å². The molecule has 0 bridgehead atoms. The Kier molecular flexibility index (Phi) is 2.54. The number of benzene rings is 1. The van der Waals surface area contributed by atoms with Crippen molar-refractivity contribution in [3.8, 4) is 0 Å². The summed E-state index contributed by atoms with van der Waals surface area (Å²) < 4.78 is 0. The van der Waals surface area contributed by atoms with Gasteiger partial charge in [0, 0.05) is 10.4 Å². The molecule has 0 heterocycles. The van der Waals surface area contributed by atoms with Gasteiger partial charge in [0.15, 0.2) is 0 Å². The summed E-state index contributed by atoms with van der Waals surface area (Å²) in [5.74, 6) is 0. The van der Waals surface area contributed by atoms with Crippen LogP contribution in [-0.4, -0.2) is 11.2 Å². The quantitative estimate of drug-likeness (QED) is 0.813. The fourth-order valence-corrected chi connectivity index (χ4v) is 2.13. The molecule has 2 heteroatoms. The van der Waals surface area contributed by atoms with E-state index in [1.54, 1.807) is 0 Å². The molecule has 1 aliphatic rings. The van der Waals surface area contributed by atoms with Gasteiger partial charge < -0.3 is 5.11 Å². The third kappa shape index (κ3) is 1.79. The summed E-state index contributed by atoms with van der Waals surface area (Å²) in [6, 6.07) is 7.90. The lowest BCUT2D eigenvalue weighted by Crippen LogP contribution is -2.20. The van der Waals surface area contributed by atoms with Crippen LogP contribution in [0.5, 0.6) is 0 Å². The van der Waals surface area contributed by atoms with Crippen molar-refractivity contribution in [1.82, 2.24) is 0 Å². The average Bonchev–Trinajstić information content (AvgIpc) is 2.90. The molecule has 1 unspecified atom stereocenters. The van der Waals surface area contributed by atoms with Gasteiger partial charge in [0.05, 0.1) is 6.10 Å². The molecule has 0 radical (unpaired) electrons. The predicted octanol–water partition coefficient (Wildman–Crippen LogP) is 3.04. The highest BCUT2D eigenvalue weighted by atomic mass is 35.5. The maximum absolute atomic E-state index is 9.65. The fraction of sp³-hybridized carbons (Fsp3) is 0.500. The van der Waals surface area contributed by atoms with Crippen LogP contribution in [0.4, 0.5) is 0 Å². The van der Waals surface area contributed by atoms with Gasteiger partial charge in [0.1, 0.15) is 0 Å². The zero-order valence-electron chi connectivity index (χ0n) is 8.33. The highest BCUT2D eigenvalue weighted by Crippen LogP contribution is 2.51. The maximum atomic E-state index is 9.65. The molecule has 2 rings (SSSR count). The third-order valence-electron chi connectivity index (χ3n) is 3.28. The molecule has 0 spiro atoms. The van der Waals surface area contributed by atoms with Crippen molar-refractivity contribution in [2.24, 2.45) is 5.41 Å². The Morgan fingerprint density at radius 3 is 2.57 bits per heavy atom. The fourth-order valence-electron chi connectivity index (χ4n) is 1.92. The third-order valence-corrected chi connectivity index (χ3v) is 3.65. The van der Waals surface area contributed by atoms with E-state index in [2.05, 4.69) is 0 Å². The van der Waals surface area contributed by atoms with Crippen LogP contribution in [0.2, 0.25) is 5.02 Å². The smallest absolute Gasteiger partial charge is 0.0571 e. The van der Waals surface area contributed by atoms with Crippen LogP contribution < -0.4 is 0 Å². The molecule has 14 heavy (non-hydrogen) atoms. The molecule has 0 aliphatic heterocycles. The summed E-state index contributed by atoms with van der Waals surface area (Å²) in [6.07, 6.45) is 2.93. The molecule has 1 aromatic carbocycles. The molecule has 1 aromatic rings. The van der Waals surface area contributed by atoms with E-state index in [9.17, 15) is 5.11 Å². The standard InChI is InChI=1S/C12H15ClO/c1-9(14)12(6-7-12)8-10-4-2-3-5-11(10)13/h2-5,9,14H,6-8H2,1H3. The second-order valence-corrected chi connectivity index (χ2v) is 4.71. The van der Waals surface area contributed by atoms with Gasteiger partial charge in [-0.1, -0.05) is 29.8 Å². The summed E-state index contributed by atoms with van der Waals surface area (Å²) in [4.78, 5) is 0. The van der Waals surface area contributed by atoms with E-state index in [1.807, 2.05) is 31.2 Å². The Hall–Kier alpha value is -0.530. The van der Waals surface area contributed by atoms with E-state index in [4.69, 9.17) is 11.6 Å². The van der Waals surface area contributed by atoms with E-state index < -0.39 is 0 Å². The molecule has 0 aromatic heterocycles. The van der Waals surface area contributed by atoms with E-state index in [0.717, 1.165) is 29.8 Å². The van der Waals surface area contributed by atoms with Crippen molar-refractivity contribution in [1.29, 1.82) is 0 Å². The molecule has 76 valence electrons. The summed E-state index contributed by atoms with van der Waals surface area (Å²) in [5, 5.41) is 10.5. The minimum Gasteiger partial charge on any atom is -0.393 e. The molecule has 0 saturated heterocycles. The molecule has 1 fully saturated rings. The monoisotopic (exact) mass is 210 g/mol. The van der Waals surface area contributed by atoms with Crippen LogP contribution in [-0.2, 0) is 6.42 Å². The first-order valence-corrected chi connectivity index (χ1v) is 5.43. The first kappa shape index (κ1) is 10.0. The lowest BCUT2D eigenvalue weighted by molar-refractivity contribution is 0.110. The minimum atomic E-state index is -0.223. The summed E-state index contributed by atoms with van der Waals surface area (Å²) in [5.41, 5.74) is 1.28. The van der Waals surface area contributed by atoms with Crippen molar-refractivity contribution >= 4 is 11.6 Å². The maximum Gasteiger partial charge on any atom is 0.0571 e. The van der Waals surface area contributed by atoms with E-state index in [-0.39, 0.29) is 11.5 Å². The van der Waals surface area contributed by atoms with Crippen molar-refractivity contribution in [2.45, 2.75) is 32.3 Å². The van der Waals surface area contributed by atoms with E-state index >= 15 is 0 Å². The molecule has 1 atom stereocenters. The van der Waals surface area contributed by atoms with Gasteiger partial charge in [0.2, 0.25) is 0 Å². The summed E-state index contributed by atoms with van der Waals surface area (Å²) in [7, 11) is 0. The zero-order chi connectivity index (χ0) is 10.2. The topological polar surface area (TPSA) is 20.2 Å². The van der Waals surface area contributed by atoms with Gasteiger partial charge >= 0.3 is 0 Å². The van der Waals surface area contributed by atoms with Crippen molar-refractivity contribution in [2.75, 3.05) is 0 Å². The molecule has 1 N–H and O–H groups in total. The first-order valence-electron chi connectivity index (χ1n) is 5.05. The summed E-state index contributed by atoms with van der Waals surface area (Å²) in [6.45, 7) is 1.88. The van der Waals surface area contributed by atoms with Crippen molar-refractivity contribution < 1.29 is 5.11 Å². The zero-order valence-corrected chi connectivity index (χ0v) is 9.09. The predicted molar refractivity (Wildman–Crippen MR) is 58.5 cm³/mol. The average molecular weight is 211 g/mol. The number of hydrogen-bond acceptors (Lipinski definition) is 1. The lowest BCUT2D eigenvalue weighted by atomic mass is 9.92. The highest BCUT2D eigenvalue weighted by Gasteiger charge is 2.46. The lowest BCUT2D eigenvalue weighted by Gasteiger charge is -2.18. The number of rotatable bonds is 3. The van der Waals surface area contributed by atoms with Crippen LogP contribution in [0.15, 0.2) is 24.3 Å². The van der Waals surface area contributed by atoms with Gasteiger partial charge in [-0.25, -0.2) is 0 Å². The SMILES string of the molecule is CC(O)C1(Cc2ccccc2Cl)CC1. The number of halogens is 1. The highest BCUT2D eigenvalue weighted by molar-refractivity contribution is 6.31. The molecule has 1 saturated carbocycles. The molecule has 1 nitrogen and oxygen atoms in total. The van der Waals surface area contributed by atoms with Gasteiger partial charge in [-0.05, 0) is 37.8 Å². The van der Waals surface area contributed by atoms with Crippen LogP contribution in [0.3, 0.4) is 0 Å². The van der Waals surface area contributed by atoms with Crippen LogP contribution in [0, 0.1) is 5.41 Å². The Balaban J connectivity index is 2.15. The minimum absolute atomic E-state index is 0.116. The molecular weight excluding hydrogens is 196 g/mol. The van der Waals surface area contributed by atoms with Gasteiger partial charge in [-0.3, -0.25) is 0 Å². The first-order chi connectivity index (χ1) is 6.64. The second-order valence-electron chi connectivity index (χ2n) is 4.31. The largest absolute Gasteiger partial charge is 0.393 e. The Bertz CT molecular complexity index is 329. The molecular formula is C12H15ClO. The van der Waals surface area contributed by atoms with E-state index in [1.165, 1.54) is 0 Å². The molecule has 0 amide bonds. The van der Waals surface area contributed by atoms with Crippen LogP contribution in [0.1, 0.15) is 25.3 Å². The van der Waals surface area contributed by atoms with Crippen LogP contribution in [0.25, 0.3) is 0 Å². The van der Waals surface area contributed by atoms with Gasteiger partial charge in [-0.2, -0.15) is 0 Å². The number of hydrogen-bond donors (Lipinski definition) is 1. The Labute approximate surface area is 89.7 Å². The second kappa shape index (κ2) is 3.56. The summed E-state index contributed by atoms with van der Waals surface area (Å²) >= 11 is 6.08. The Morgan fingerprint density at radius 1 is 1.43 bits per heavy atom.